The van der Waals surface area contributed by atoms with Crippen molar-refractivity contribution in [3.8, 4) is 0 Å². The van der Waals surface area contributed by atoms with Crippen LogP contribution in [0.1, 0.15) is 16.2 Å². The number of carbonyl (C=O) groups excluding carboxylic acids is 2. The van der Waals surface area contributed by atoms with Gasteiger partial charge in [0.2, 0.25) is 5.91 Å². The van der Waals surface area contributed by atoms with Crippen molar-refractivity contribution in [1.29, 1.82) is 0 Å². The third-order valence-corrected chi connectivity index (χ3v) is 3.20. The second-order valence-corrected chi connectivity index (χ2v) is 4.77. The van der Waals surface area contributed by atoms with Crippen molar-refractivity contribution in [2.24, 2.45) is 5.73 Å². The van der Waals surface area contributed by atoms with Gasteiger partial charge in [-0.25, -0.2) is 0 Å². The summed E-state index contributed by atoms with van der Waals surface area (Å²) in [6, 6.07) is 3.87. The van der Waals surface area contributed by atoms with Crippen molar-refractivity contribution in [3.63, 3.8) is 0 Å². The molecule has 1 amide bonds. The highest BCUT2D eigenvalue weighted by atomic mass is 32.1. The van der Waals surface area contributed by atoms with E-state index < -0.39 is 0 Å². The number of amides is 1. The minimum absolute atomic E-state index is 0.236. The largest absolute Gasteiger partial charge is 0.469 e. The number of hydrogen-bond donors (Lipinski definition) is 2. The molecule has 0 radical (unpaired) electrons. The van der Waals surface area contributed by atoms with Crippen LogP contribution in [0.15, 0.2) is 12.1 Å². The number of primary amides is 1. The molecular formula is C11H16N2O3S. The summed E-state index contributed by atoms with van der Waals surface area (Å²) in [5.74, 6) is -0.546. The second-order valence-electron chi connectivity index (χ2n) is 3.51. The van der Waals surface area contributed by atoms with E-state index in [-0.39, 0.29) is 11.9 Å². The molecule has 6 heteroatoms. The molecule has 0 unspecified atom stereocenters. The van der Waals surface area contributed by atoms with E-state index in [0.717, 1.165) is 9.75 Å². The van der Waals surface area contributed by atoms with Crippen LogP contribution in [0.2, 0.25) is 0 Å². The lowest BCUT2D eigenvalue weighted by Gasteiger charge is -2.00. The molecule has 0 saturated carbocycles. The minimum Gasteiger partial charge on any atom is -0.469 e. The Hall–Kier alpha value is -1.40. The standard InChI is InChI=1S/C11H16N2O3S/c1-16-11(15)6-8-2-3-9(17-8)7-13-5-4-10(12)14/h2-3,13H,4-7H2,1H3,(H2,12,14). The summed E-state index contributed by atoms with van der Waals surface area (Å²) >= 11 is 1.56. The molecule has 0 aliphatic rings. The topological polar surface area (TPSA) is 81.4 Å². The Morgan fingerprint density at radius 3 is 2.76 bits per heavy atom. The van der Waals surface area contributed by atoms with Crippen molar-refractivity contribution < 1.29 is 14.3 Å². The maximum Gasteiger partial charge on any atom is 0.310 e. The summed E-state index contributed by atoms with van der Waals surface area (Å²) in [6.07, 6.45) is 0.642. The Morgan fingerprint density at radius 1 is 1.41 bits per heavy atom. The lowest BCUT2D eigenvalue weighted by atomic mass is 10.3. The average Bonchev–Trinajstić information content (AvgIpc) is 2.72. The van der Waals surface area contributed by atoms with E-state index in [9.17, 15) is 9.59 Å². The van der Waals surface area contributed by atoms with Gasteiger partial charge in [0.25, 0.3) is 0 Å². The summed E-state index contributed by atoms with van der Waals surface area (Å²) in [6.45, 7) is 1.25. The smallest absolute Gasteiger partial charge is 0.310 e. The lowest BCUT2D eigenvalue weighted by Crippen LogP contribution is -2.21. The lowest BCUT2D eigenvalue weighted by molar-refractivity contribution is -0.139. The zero-order valence-corrected chi connectivity index (χ0v) is 10.5. The van der Waals surface area contributed by atoms with Crippen LogP contribution in [0.4, 0.5) is 0 Å². The Balaban J connectivity index is 2.30. The van der Waals surface area contributed by atoms with Crippen molar-refractivity contribution in [2.45, 2.75) is 19.4 Å². The number of esters is 1. The van der Waals surface area contributed by atoms with Crippen LogP contribution in [0.3, 0.4) is 0 Å². The first kappa shape index (κ1) is 13.7. The van der Waals surface area contributed by atoms with Crippen LogP contribution >= 0.6 is 11.3 Å². The fraction of sp³-hybridized carbons (Fsp3) is 0.455. The van der Waals surface area contributed by atoms with E-state index in [0.29, 0.717) is 25.9 Å². The van der Waals surface area contributed by atoms with Crippen molar-refractivity contribution in [3.05, 3.63) is 21.9 Å². The number of nitrogens with one attached hydrogen (secondary N) is 1. The summed E-state index contributed by atoms with van der Waals surface area (Å²) in [5.41, 5.74) is 5.02. The maximum atomic E-state index is 11.0. The van der Waals surface area contributed by atoms with Gasteiger partial charge in [-0.1, -0.05) is 0 Å². The second kappa shape index (κ2) is 7.03. The minimum atomic E-state index is -0.310. The van der Waals surface area contributed by atoms with Crippen LogP contribution < -0.4 is 11.1 Å². The Kier molecular flexibility index (Phi) is 5.65. The predicted molar refractivity (Wildman–Crippen MR) is 65.6 cm³/mol. The van der Waals surface area contributed by atoms with Crippen LogP contribution in [-0.4, -0.2) is 25.5 Å². The number of ether oxygens (including phenoxy) is 1. The highest BCUT2D eigenvalue weighted by molar-refractivity contribution is 7.12. The quantitative estimate of drug-likeness (QED) is 0.547. The zero-order valence-electron chi connectivity index (χ0n) is 9.69. The number of thiophene rings is 1. The fourth-order valence-electron chi connectivity index (χ4n) is 1.25. The first-order valence-corrected chi connectivity index (χ1v) is 6.07. The molecule has 0 spiro atoms. The number of methoxy groups -OCH3 is 1. The molecule has 94 valence electrons. The average molecular weight is 256 g/mol. The van der Waals surface area contributed by atoms with Gasteiger partial charge in [0.15, 0.2) is 0 Å². The molecule has 0 bridgehead atoms. The van der Waals surface area contributed by atoms with Crippen LogP contribution in [0.5, 0.6) is 0 Å². The van der Waals surface area contributed by atoms with Crippen molar-refractivity contribution in [2.75, 3.05) is 13.7 Å². The monoisotopic (exact) mass is 256 g/mol. The SMILES string of the molecule is COC(=O)Cc1ccc(CNCCC(N)=O)s1. The summed E-state index contributed by atoms with van der Waals surface area (Å²) in [5, 5.41) is 3.11. The number of hydrogen-bond acceptors (Lipinski definition) is 5. The van der Waals surface area contributed by atoms with Gasteiger partial charge in [0.05, 0.1) is 13.5 Å². The Morgan fingerprint density at radius 2 is 2.12 bits per heavy atom. The molecule has 0 aliphatic carbocycles. The summed E-state index contributed by atoms with van der Waals surface area (Å²) in [4.78, 5) is 23.6. The van der Waals surface area contributed by atoms with Crippen LogP contribution in [0.25, 0.3) is 0 Å². The van der Waals surface area contributed by atoms with Crippen molar-refractivity contribution >= 4 is 23.2 Å². The number of rotatable bonds is 7. The molecule has 0 saturated heterocycles. The zero-order chi connectivity index (χ0) is 12.7. The molecule has 17 heavy (non-hydrogen) atoms. The van der Waals surface area contributed by atoms with Gasteiger partial charge < -0.3 is 15.8 Å². The van der Waals surface area contributed by atoms with Gasteiger partial charge in [-0.2, -0.15) is 0 Å². The van der Waals surface area contributed by atoms with E-state index in [1.807, 2.05) is 12.1 Å². The fourth-order valence-corrected chi connectivity index (χ4v) is 2.22. The molecule has 3 N–H and O–H groups in total. The Bertz CT molecular complexity index is 390. The highest BCUT2D eigenvalue weighted by Gasteiger charge is 2.06. The first-order valence-electron chi connectivity index (χ1n) is 5.25. The Labute approximate surface area is 104 Å². The van der Waals surface area contributed by atoms with Gasteiger partial charge in [-0.3, -0.25) is 9.59 Å². The third-order valence-electron chi connectivity index (χ3n) is 2.11. The molecule has 0 atom stereocenters. The molecular weight excluding hydrogens is 240 g/mol. The summed E-state index contributed by atoms with van der Waals surface area (Å²) < 4.78 is 4.59. The van der Waals surface area contributed by atoms with Gasteiger partial charge in [-0.15, -0.1) is 11.3 Å². The first-order chi connectivity index (χ1) is 8.11. The summed E-state index contributed by atoms with van der Waals surface area (Å²) in [7, 11) is 1.38. The van der Waals surface area contributed by atoms with Gasteiger partial charge in [0, 0.05) is 29.3 Å². The highest BCUT2D eigenvalue weighted by Crippen LogP contribution is 2.17. The van der Waals surface area contributed by atoms with E-state index in [1.165, 1.54) is 7.11 Å². The molecule has 1 heterocycles. The predicted octanol–water partition coefficient (Wildman–Crippen LogP) is 0.429. The number of nitrogens with two attached hydrogens (primary N) is 1. The van der Waals surface area contributed by atoms with Crippen molar-refractivity contribution in [1.82, 2.24) is 5.32 Å². The molecule has 0 aliphatic heterocycles. The van der Waals surface area contributed by atoms with Gasteiger partial charge >= 0.3 is 5.97 Å². The normalized spacial score (nSPS) is 10.2. The number of carbonyl (C=O) groups is 2. The van der Waals surface area contributed by atoms with Crippen LogP contribution in [0, 0.1) is 0 Å². The van der Waals surface area contributed by atoms with E-state index in [1.54, 1.807) is 11.3 Å². The van der Waals surface area contributed by atoms with E-state index in [2.05, 4.69) is 10.1 Å². The van der Waals surface area contributed by atoms with E-state index >= 15 is 0 Å². The maximum absolute atomic E-state index is 11.0. The molecule has 1 rings (SSSR count). The molecule has 1 aromatic rings. The van der Waals surface area contributed by atoms with E-state index in [4.69, 9.17) is 5.73 Å². The van der Waals surface area contributed by atoms with Crippen LogP contribution in [-0.2, 0) is 27.3 Å². The molecule has 0 fully saturated rings. The molecule has 1 aromatic heterocycles. The molecule has 5 nitrogen and oxygen atoms in total. The third kappa shape index (κ3) is 5.46. The van der Waals surface area contributed by atoms with Gasteiger partial charge in [0.1, 0.15) is 0 Å². The molecule has 0 aromatic carbocycles. The van der Waals surface area contributed by atoms with Gasteiger partial charge in [-0.05, 0) is 12.1 Å².